The summed E-state index contributed by atoms with van der Waals surface area (Å²) in [5.74, 6) is 0.971. The Morgan fingerprint density at radius 2 is 2.14 bits per heavy atom. The summed E-state index contributed by atoms with van der Waals surface area (Å²) in [6.45, 7) is 5.75. The van der Waals surface area contributed by atoms with E-state index in [0.29, 0.717) is 11.7 Å². The number of aliphatic hydroxyl groups excluding tert-OH is 1. The maximum atomic E-state index is 9.72. The Morgan fingerprint density at radius 1 is 1.43 bits per heavy atom. The summed E-state index contributed by atoms with van der Waals surface area (Å²) in [5.41, 5.74) is 8.06. The van der Waals surface area contributed by atoms with E-state index in [1.54, 1.807) is 11.3 Å². The average Bonchev–Trinajstić information content (AvgIpc) is 3.04. The highest BCUT2D eigenvalue weighted by atomic mass is 32.1. The van der Waals surface area contributed by atoms with Gasteiger partial charge in [0, 0.05) is 24.2 Å². The van der Waals surface area contributed by atoms with Crippen molar-refractivity contribution in [3.05, 3.63) is 11.1 Å². The van der Waals surface area contributed by atoms with Gasteiger partial charge in [-0.2, -0.15) is 4.37 Å². The van der Waals surface area contributed by atoms with Gasteiger partial charge in [-0.05, 0) is 44.1 Å². The molecule has 114 valence electrons. The molecule has 0 amide bonds. The van der Waals surface area contributed by atoms with Gasteiger partial charge in [0.1, 0.15) is 15.8 Å². The number of aromatic nitrogens is 2. The number of rotatable bonds is 3. The Morgan fingerprint density at radius 3 is 2.71 bits per heavy atom. The first-order chi connectivity index (χ1) is 10.1. The quantitative estimate of drug-likeness (QED) is 0.908. The smallest absolute Gasteiger partial charge is 0.149 e. The van der Waals surface area contributed by atoms with Crippen LogP contribution in [-0.4, -0.2) is 33.7 Å². The molecule has 7 heteroatoms. The number of hydrogen-bond acceptors (Lipinski definition) is 7. The lowest BCUT2D eigenvalue weighted by Gasteiger charge is -2.34. The first-order valence-corrected chi connectivity index (χ1v) is 8.82. The fourth-order valence-electron chi connectivity index (χ4n) is 2.76. The van der Waals surface area contributed by atoms with Crippen LogP contribution in [0.3, 0.4) is 0 Å². The van der Waals surface area contributed by atoms with Gasteiger partial charge in [-0.1, -0.05) is 0 Å². The molecule has 0 bridgehead atoms. The number of nitrogens with two attached hydrogens (primary N) is 1. The average molecular weight is 324 g/mol. The van der Waals surface area contributed by atoms with Crippen LogP contribution in [0.15, 0.2) is 5.38 Å². The van der Waals surface area contributed by atoms with Crippen LogP contribution in [-0.2, 0) is 0 Å². The van der Waals surface area contributed by atoms with Gasteiger partial charge in [0.15, 0.2) is 0 Å². The van der Waals surface area contributed by atoms with Crippen LogP contribution in [0.1, 0.15) is 25.5 Å². The van der Waals surface area contributed by atoms with Crippen LogP contribution in [0.5, 0.6) is 0 Å². The highest BCUT2D eigenvalue weighted by molar-refractivity contribution is 7.15. The zero-order chi connectivity index (χ0) is 15.0. The Labute approximate surface area is 132 Å². The van der Waals surface area contributed by atoms with Crippen LogP contribution < -0.4 is 10.6 Å². The lowest BCUT2D eigenvalue weighted by atomic mass is 9.92. The summed E-state index contributed by atoms with van der Waals surface area (Å²) in [4.78, 5) is 6.88. The predicted molar refractivity (Wildman–Crippen MR) is 89.0 cm³/mol. The van der Waals surface area contributed by atoms with Gasteiger partial charge in [0.2, 0.25) is 0 Å². The normalized spacial score (nSPS) is 18.1. The first kappa shape index (κ1) is 14.7. The van der Waals surface area contributed by atoms with Gasteiger partial charge in [0.25, 0.3) is 0 Å². The lowest BCUT2D eigenvalue weighted by molar-refractivity contribution is 0.110. The second-order valence-electron chi connectivity index (χ2n) is 5.61. The van der Waals surface area contributed by atoms with Crippen molar-refractivity contribution >= 4 is 33.7 Å². The zero-order valence-corrected chi connectivity index (χ0v) is 13.9. The van der Waals surface area contributed by atoms with Gasteiger partial charge in [-0.3, -0.25) is 0 Å². The molecule has 21 heavy (non-hydrogen) atoms. The summed E-state index contributed by atoms with van der Waals surface area (Å²) in [6.07, 6.45) is 1.79. The molecule has 1 aliphatic heterocycles. The molecule has 0 aliphatic carbocycles. The SMILES string of the molecule is Cc1csc(-c2c(N)nsc2N2CCC(C(C)O)CC2)n1. The Kier molecular flexibility index (Phi) is 4.14. The number of thiazole rings is 1. The number of piperidine rings is 1. The van der Waals surface area contributed by atoms with Crippen LogP contribution in [0, 0.1) is 12.8 Å². The molecule has 3 heterocycles. The Hall–Kier alpha value is -1.18. The molecule has 0 radical (unpaired) electrons. The number of hydrogen-bond donors (Lipinski definition) is 2. The molecule has 3 N–H and O–H groups in total. The standard InChI is InChI=1S/C14H20N4OS2/c1-8-7-20-13(16-8)11-12(15)17-21-14(11)18-5-3-10(4-6-18)9(2)19/h7,9-10,19H,3-6H2,1-2H3,(H2,15,17). The second kappa shape index (κ2) is 5.90. The minimum atomic E-state index is -0.222. The van der Waals surface area contributed by atoms with Crippen molar-refractivity contribution in [3.63, 3.8) is 0 Å². The number of nitrogen functional groups attached to an aromatic ring is 1. The zero-order valence-electron chi connectivity index (χ0n) is 12.2. The predicted octanol–water partition coefficient (Wildman–Crippen LogP) is 2.75. The first-order valence-electron chi connectivity index (χ1n) is 7.17. The summed E-state index contributed by atoms with van der Waals surface area (Å²) < 4.78 is 4.33. The minimum absolute atomic E-state index is 0.222. The third kappa shape index (κ3) is 2.90. The van der Waals surface area contributed by atoms with Crippen molar-refractivity contribution in [2.24, 2.45) is 5.92 Å². The minimum Gasteiger partial charge on any atom is -0.393 e. The number of anilines is 2. The highest BCUT2D eigenvalue weighted by Gasteiger charge is 2.27. The highest BCUT2D eigenvalue weighted by Crippen LogP contribution is 2.41. The van der Waals surface area contributed by atoms with Gasteiger partial charge in [-0.25, -0.2) is 4.98 Å². The van der Waals surface area contributed by atoms with Crippen LogP contribution in [0.4, 0.5) is 10.8 Å². The van der Waals surface area contributed by atoms with Crippen molar-refractivity contribution < 1.29 is 5.11 Å². The van der Waals surface area contributed by atoms with E-state index in [1.165, 1.54) is 11.5 Å². The molecule has 1 fully saturated rings. The second-order valence-corrected chi connectivity index (χ2v) is 7.22. The maximum Gasteiger partial charge on any atom is 0.149 e. The topological polar surface area (TPSA) is 75.3 Å². The molecule has 1 aliphatic rings. The molecular formula is C14H20N4OS2. The van der Waals surface area contributed by atoms with Gasteiger partial charge < -0.3 is 15.7 Å². The number of nitrogens with zero attached hydrogens (tertiary/aromatic N) is 3. The third-order valence-corrected chi connectivity index (χ3v) is 5.94. The van der Waals surface area contributed by atoms with E-state index in [9.17, 15) is 5.11 Å². The number of aryl methyl sites for hydroxylation is 1. The summed E-state index contributed by atoms with van der Waals surface area (Å²) in [6, 6.07) is 0. The van der Waals surface area contributed by atoms with Crippen molar-refractivity contribution in [1.29, 1.82) is 0 Å². The van der Waals surface area contributed by atoms with E-state index in [1.807, 2.05) is 19.2 Å². The van der Waals surface area contributed by atoms with Crippen molar-refractivity contribution in [2.45, 2.75) is 32.8 Å². The fourth-order valence-corrected chi connectivity index (χ4v) is 4.55. The molecule has 1 unspecified atom stereocenters. The summed E-state index contributed by atoms with van der Waals surface area (Å²) >= 11 is 3.07. The van der Waals surface area contributed by atoms with Crippen LogP contribution in [0.2, 0.25) is 0 Å². The lowest BCUT2D eigenvalue weighted by Crippen LogP contribution is -2.36. The molecule has 1 saturated heterocycles. The van der Waals surface area contributed by atoms with Crippen LogP contribution >= 0.6 is 22.9 Å². The summed E-state index contributed by atoms with van der Waals surface area (Å²) in [7, 11) is 0. The monoisotopic (exact) mass is 324 g/mol. The Bertz CT molecular complexity index is 614. The molecular weight excluding hydrogens is 304 g/mol. The van der Waals surface area contributed by atoms with E-state index in [0.717, 1.165) is 47.2 Å². The molecule has 0 saturated carbocycles. The fraction of sp³-hybridized carbons (Fsp3) is 0.571. The van der Waals surface area contributed by atoms with Gasteiger partial charge >= 0.3 is 0 Å². The third-order valence-electron chi connectivity index (χ3n) is 4.04. The molecule has 2 aromatic heterocycles. The Balaban J connectivity index is 1.84. The molecule has 1 atom stereocenters. The van der Waals surface area contributed by atoms with E-state index < -0.39 is 0 Å². The van der Waals surface area contributed by atoms with E-state index in [-0.39, 0.29) is 6.10 Å². The molecule has 0 aromatic carbocycles. The summed E-state index contributed by atoms with van der Waals surface area (Å²) in [5, 5.41) is 13.8. The van der Waals surface area contributed by atoms with Crippen molar-refractivity contribution in [2.75, 3.05) is 23.7 Å². The van der Waals surface area contributed by atoms with E-state index in [2.05, 4.69) is 14.3 Å². The van der Waals surface area contributed by atoms with Gasteiger partial charge in [0.05, 0.1) is 11.7 Å². The molecule has 5 nitrogen and oxygen atoms in total. The van der Waals surface area contributed by atoms with Crippen molar-refractivity contribution in [1.82, 2.24) is 9.36 Å². The van der Waals surface area contributed by atoms with E-state index in [4.69, 9.17) is 5.73 Å². The van der Waals surface area contributed by atoms with E-state index >= 15 is 0 Å². The molecule has 0 spiro atoms. The van der Waals surface area contributed by atoms with Crippen LogP contribution in [0.25, 0.3) is 10.6 Å². The molecule has 3 rings (SSSR count). The largest absolute Gasteiger partial charge is 0.393 e. The van der Waals surface area contributed by atoms with Gasteiger partial charge in [-0.15, -0.1) is 11.3 Å². The maximum absolute atomic E-state index is 9.72. The molecule has 2 aromatic rings. The number of aliphatic hydroxyl groups is 1. The van der Waals surface area contributed by atoms with Crippen molar-refractivity contribution in [3.8, 4) is 10.6 Å².